The molecule has 1 rings (SSSR count). The van der Waals surface area contributed by atoms with Crippen LogP contribution in [0.2, 0.25) is 5.02 Å². The molecule has 1 aromatic rings. The Morgan fingerprint density at radius 2 is 2.12 bits per heavy atom. The summed E-state index contributed by atoms with van der Waals surface area (Å²) in [5.74, 6) is 0.201. The van der Waals surface area contributed by atoms with E-state index in [1.54, 1.807) is 6.07 Å². The highest BCUT2D eigenvalue weighted by Crippen LogP contribution is 2.21. The molecule has 0 aliphatic heterocycles. The third kappa shape index (κ3) is 3.46. The van der Waals surface area contributed by atoms with Gasteiger partial charge >= 0.3 is 0 Å². The van der Waals surface area contributed by atoms with Gasteiger partial charge in [-0.15, -0.1) is 0 Å². The average molecular weight is 244 g/mol. The van der Waals surface area contributed by atoms with Gasteiger partial charge in [0.1, 0.15) is 5.82 Å². The highest BCUT2D eigenvalue weighted by Gasteiger charge is 2.14. The van der Waals surface area contributed by atoms with E-state index < -0.39 is 0 Å². The first kappa shape index (κ1) is 13.5. The van der Waals surface area contributed by atoms with Crippen LogP contribution in [0, 0.1) is 11.7 Å². The SMILES string of the molecule is CCC(Cc1ccc(F)c(Cl)c1)C(C)NC. The van der Waals surface area contributed by atoms with Crippen LogP contribution in [0.3, 0.4) is 0 Å². The summed E-state index contributed by atoms with van der Waals surface area (Å²) in [6.07, 6.45) is 2.02. The predicted octanol–water partition coefficient (Wildman–Crippen LogP) is 3.66. The Labute approximate surface area is 102 Å². The van der Waals surface area contributed by atoms with Crippen molar-refractivity contribution < 1.29 is 4.39 Å². The Balaban J connectivity index is 2.74. The van der Waals surface area contributed by atoms with Crippen LogP contribution in [-0.2, 0) is 6.42 Å². The summed E-state index contributed by atoms with van der Waals surface area (Å²) in [4.78, 5) is 0. The topological polar surface area (TPSA) is 12.0 Å². The molecule has 0 aromatic heterocycles. The van der Waals surface area contributed by atoms with Crippen LogP contribution in [0.15, 0.2) is 18.2 Å². The molecular weight excluding hydrogens is 225 g/mol. The fourth-order valence-electron chi connectivity index (χ4n) is 1.88. The maximum Gasteiger partial charge on any atom is 0.141 e. The molecule has 1 nitrogen and oxygen atoms in total. The van der Waals surface area contributed by atoms with Crippen LogP contribution in [-0.4, -0.2) is 13.1 Å². The van der Waals surface area contributed by atoms with Crippen molar-refractivity contribution >= 4 is 11.6 Å². The molecule has 0 bridgehead atoms. The van der Waals surface area contributed by atoms with Crippen molar-refractivity contribution in [2.45, 2.75) is 32.7 Å². The van der Waals surface area contributed by atoms with Gasteiger partial charge in [0.2, 0.25) is 0 Å². The van der Waals surface area contributed by atoms with Crippen molar-refractivity contribution in [1.82, 2.24) is 5.32 Å². The van der Waals surface area contributed by atoms with Crippen LogP contribution in [0.1, 0.15) is 25.8 Å². The van der Waals surface area contributed by atoms with Crippen molar-refractivity contribution in [3.8, 4) is 0 Å². The van der Waals surface area contributed by atoms with Gasteiger partial charge in [0.25, 0.3) is 0 Å². The van der Waals surface area contributed by atoms with Crippen molar-refractivity contribution in [2.24, 2.45) is 5.92 Å². The standard InChI is InChI=1S/C13H19ClFN/c1-4-11(9(2)16-3)7-10-5-6-13(15)12(14)8-10/h5-6,8-9,11,16H,4,7H2,1-3H3. The van der Waals surface area contributed by atoms with Crippen LogP contribution in [0.4, 0.5) is 4.39 Å². The molecule has 1 N–H and O–H groups in total. The molecule has 2 unspecified atom stereocenters. The normalized spacial score (nSPS) is 14.8. The summed E-state index contributed by atoms with van der Waals surface area (Å²) < 4.78 is 13.0. The number of halogens is 2. The monoisotopic (exact) mass is 243 g/mol. The Hall–Kier alpha value is -0.600. The van der Waals surface area contributed by atoms with Gasteiger partial charge in [0, 0.05) is 6.04 Å². The zero-order valence-electron chi connectivity index (χ0n) is 10.1. The summed E-state index contributed by atoms with van der Waals surface area (Å²) >= 11 is 5.76. The van der Waals surface area contributed by atoms with Crippen molar-refractivity contribution in [2.75, 3.05) is 7.05 Å². The molecule has 0 saturated heterocycles. The van der Waals surface area contributed by atoms with Gasteiger partial charge in [0.15, 0.2) is 0 Å². The van der Waals surface area contributed by atoms with Crippen molar-refractivity contribution in [1.29, 1.82) is 0 Å². The Morgan fingerprint density at radius 1 is 1.44 bits per heavy atom. The van der Waals surface area contributed by atoms with E-state index in [9.17, 15) is 4.39 Å². The minimum absolute atomic E-state index is 0.212. The number of hydrogen-bond donors (Lipinski definition) is 1. The lowest BCUT2D eigenvalue weighted by Crippen LogP contribution is -2.31. The maximum atomic E-state index is 13.0. The minimum Gasteiger partial charge on any atom is -0.317 e. The van der Waals surface area contributed by atoms with Crippen LogP contribution in [0.25, 0.3) is 0 Å². The van der Waals surface area contributed by atoms with E-state index in [1.807, 2.05) is 13.1 Å². The third-order valence-corrected chi connectivity index (χ3v) is 3.46. The summed E-state index contributed by atoms with van der Waals surface area (Å²) in [6, 6.07) is 5.43. The molecule has 0 aliphatic carbocycles. The van der Waals surface area contributed by atoms with Gasteiger partial charge in [0.05, 0.1) is 5.02 Å². The molecule has 0 radical (unpaired) electrons. The lowest BCUT2D eigenvalue weighted by molar-refractivity contribution is 0.381. The summed E-state index contributed by atoms with van der Waals surface area (Å²) in [6.45, 7) is 4.34. The van der Waals surface area contributed by atoms with Crippen molar-refractivity contribution in [3.05, 3.63) is 34.6 Å². The largest absolute Gasteiger partial charge is 0.317 e. The number of benzene rings is 1. The molecule has 2 atom stereocenters. The second-order valence-electron chi connectivity index (χ2n) is 4.20. The highest BCUT2D eigenvalue weighted by atomic mass is 35.5. The van der Waals surface area contributed by atoms with E-state index >= 15 is 0 Å². The van der Waals surface area contributed by atoms with E-state index in [1.165, 1.54) is 6.07 Å². The van der Waals surface area contributed by atoms with Crippen molar-refractivity contribution in [3.63, 3.8) is 0 Å². The molecule has 0 amide bonds. The molecule has 0 saturated carbocycles. The molecular formula is C13H19ClFN. The molecule has 0 aliphatic rings. The zero-order chi connectivity index (χ0) is 12.1. The van der Waals surface area contributed by atoms with E-state index in [0.717, 1.165) is 18.4 Å². The Kier molecular flexibility index (Phi) is 5.23. The first-order valence-corrected chi connectivity index (χ1v) is 6.07. The minimum atomic E-state index is -0.347. The molecule has 1 aromatic carbocycles. The van der Waals surface area contributed by atoms with Crippen LogP contribution in [0.5, 0.6) is 0 Å². The van der Waals surface area contributed by atoms with Gasteiger partial charge in [-0.05, 0) is 44.0 Å². The van der Waals surface area contributed by atoms with E-state index in [-0.39, 0.29) is 10.8 Å². The second kappa shape index (κ2) is 6.21. The number of hydrogen-bond acceptors (Lipinski definition) is 1. The first-order chi connectivity index (χ1) is 7.58. The molecule has 0 spiro atoms. The third-order valence-electron chi connectivity index (χ3n) is 3.17. The lowest BCUT2D eigenvalue weighted by atomic mass is 9.91. The van der Waals surface area contributed by atoms with Gasteiger partial charge < -0.3 is 5.32 Å². The van der Waals surface area contributed by atoms with Crippen LogP contribution < -0.4 is 5.32 Å². The van der Waals surface area contributed by atoms with Gasteiger partial charge in [-0.25, -0.2) is 4.39 Å². The highest BCUT2D eigenvalue weighted by molar-refractivity contribution is 6.30. The fraction of sp³-hybridized carbons (Fsp3) is 0.538. The summed E-state index contributed by atoms with van der Waals surface area (Å²) in [7, 11) is 1.96. The van der Waals surface area contributed by atoms with Gasteiger partial charge in [-0.2, -0.15) is 0 Å². The average Bonchev–Trinajstić information content (AvgIpc) is 2.29. The summed E-state index contributed by atoms with van der Waals surface area (Å²) in [5.41, 5.74) is 1.10. The van der Waals surface area contributed by atoms with E-state index in [0.29, 0.717) is 12.0 Å². The molecule has 0 heterocycles. The van der Waals surface area contributed by atoms with Crippen LogP contribution >= 0.6 is 11.6 Å². The van der Waals surface area contributed by atoms with Gasteiger partial charge in [-0.3, -0.25) is 0 Å². The maximum absolute atomic E-state index is 13.0. The second-order valence-corrected chi connectivity index (χ2v) is 4.61. The molecule has 90 valence electrons. The molecule has 0 fully saturated rings. The fourth-order valence-corrected chi connectivity index (χ4v) is 2.08. The van der Waals surface area contributed by atoms with E-state index in [2.05, 4.69) is 19.2 Å². The van der Waals surface area contributed by atoms with Gasteiger partial charge in [-0.1, -0.05) is 31.0 Å². The zero-order valence-corrected chi connectivity index (χ0v) is 10.8. The first-order valence-electron chi connectivity index (χ1n) is 5.69. The molecule has 16 heavy (non-hydrogen) atoms. The predicted molar refractivity (Wildman–Crippen MR) is 67.4 cm³/mol. The summed E-state index contributed by atoms with van der Waals surface area (Å²) in [5, 5.41) is 3.47. The lowest BCUT2D eigenvalue weighted by Gasteiger charge is -2.22. The van der Waals surface area contributed by atoms with E-state index in [4.69, 9.17) is 11.6 Å². The number of nitrogens with one attached hydrogen (secondary N) is 1. The Bertz CT molecular complexity index is 341. The quantitative estimate of drug-likeness (QED) is 0.832. The molecule has 3 heteroatoms. The Morgan fingerprint density at radius 3 is 2.62 bits per heavy atom. The number of rotatable bonds is 5. The smallest absolute Gasteiger partial charge is 0.141 e.